The number of nitriles is 1. The van der Waals surface area contributed by atoms with Crippen LogP contribution in [0.5, 0.6) is 11.5 Å². The summed E-state index contributed by atoms with van der Waals surface area (Å²) >= 11 is 0. The number of hydrogen-bond acceptors (Lipinski definition) is 4. The number of methoxy groups -OCH3 is 1. The predicted molar refractivity (Wildman–Crippen MR) is 93.0 cm³/mol. The molecule has 0 aliphatic carbocycles. The number of carbonyl (C=O) groups is 1. The Labute approximate surface area is 141 Å². The summed E-state index contributed by atoms with van der Waals surface area (Å²) in [7, 11) is 1.58. The summed E-state index contributed by atoms with van der Waals surface area (Å²) < 4.78 is 10.7. The third-order valence-electron chi connectivity index (χ3n) is 3.17. The Hall–Kier alpha value is -3.26. The van der Waals surface area contributed by atoms with Gasteiger partial charge in [-0.05, 0) is 48.9 Å². The van der Waals surface area contributed by atoms with Crippen LogP contribution in [-0.2, 0) is 4.79 Å². The fourth-order valence-electron chi connectivity index (χ4n) is 2.09. The van der Waals surface area contributed by atoms with Crippen LogP contribution in [0, 0.1) is 11.3 Å². The van der Waals surface area contributed by atoms with E-state index < -0.39 is 0 Å². The highest BCUT2D eigenvalue weighted by molar-refractivity contribution is 6.02. The van der Waals surface area contributed by atoms with Gasteiger partial charge in [0, 0.05) is 11.8 Å². The molecule has 1 amide bonds. The number of benzene rings is 2. The number of anilines is 1. The van der Waals surface area contributed by atoms with E-state index in [4.69, 9.17) is 14.7 Å². The zero-order valence-electron chi connectivity index (χ0n) is 13.6. The minimum absolute atomic E-state index is 0.279. The number of amides is 1. The molecular formula is C19H18N2O3. The van der Waals surface area contributed by atoms with Crippen molar-refractivity contribution in [2.75, 3.05) is 19.0 Å². The van der Waals surface area contributed by atoms with E-state index >= 15 is 0 Å². The van der Waals surface area contributed by atoms with Crippen molar-refractivity contribution >= 4 is 17.7 Å². The summed E-state index contributed by atoms with van der Waals surface area (Å²) in [5.74, 6) is 0.995. The average Bonchev–Trinajstić information content (AvgIpc) is 2.60. The van der Waals surface area contributed by atoms with Gasteiger partial charge in [0.25, 0.3) is 0 Å². The molecule has 0 aliphatic heterocycles. The third-order valence-corrected chi connectivity index (χ3v) is 3.17. The van der Waals surface area contributed by atoms with Crippen LogP contribution in [0.2, 0.25) is 0 Å². The fourth-order valence-corrected chi connectivity index (χ4v) is 2.09. The first-order chi connectivity index (χ1) is 11.7. The molecular weight excluding hydrogens is 304 g/mol. The Bertz CT molecular complexity index is 791. The number of ether oxygens (including phenoxy) is 2. The van der Waals surface area contributed by atoms with Crippen LogP contribution in [0.15, 0.2) is 48.5 Å². The Morgan fingerprint density at radius 1 is 1.25 bits per heavy atom. The highest BCUT2D eigenvalue weighted by Crippen LogP contribution is 2.28. The van der Waals surface area contributed by atoms with E-state index in [1.807, 2.05) is 25.1 Å². The Morgan fingerprint density at radius 2 is 2.08 bits per heavy atom. The molecule has 0 fully saturated rings. The first-order valence-corrected chi connectivity index (χ1v) is 7.46. The van der Waals surface area contributed by atoms with E-state index in [-0.39, 0.29) is 5.91 Å². The smallest absolute Gasteiger partial charge is 0.248 e. The highest BCUT2D eigenvalue weighted by atomic mass is 16.5. The topological polar surface area (TPSA) is 71.3 Å². The Morgan fingerprint density at radius 3 is 2.79 bits per heavy atom. The molecule has 0 saturated heterocycles. The Balaban J connectivity index is 2.08. The van der Waals surface area contributed by atoms with Gasteiger partial charge in [-0.2, -0.15) is 5.26 Å². The maximum Gasteiger partial charge on any atom is 0.248 e. The van der Waals surface area contributed by atoms with Crippen molar-refractivity contribution in [3.8, 4) is 17.6 Å². The van der Waals surface area contributed by atoms with Gasteiger partial charge < -0.3 is 14.8 Å². The number of nitrogens with zero attached hydrogens (tertiary/aromatic N) is 1. The number of carbonyl (C=O) groups excluding carboxylic acids is 1. The number of rotatable bonds is 6. The van der Waals surface area contributed by atoms with Gasteiger partial charge >= 0.3 is 0 Å². The van der Waals surface area contributed by atoms with Gasteiger partial charge in [-0.25, -0.2) is 0 Å². The van der Waals surface area contributed by atoms with Gasteiger partial charge in [-0.15, -0.1) is 0 Å². The van der Waals surface area contributed by atoms with Gasteiger partial charge in [0.1, 0.15) is 0 Å². The van der Waals surface area contributed by atoms with Crippen molar-refractivity contribution in [2.45, 2.75) is 6.92 Å². The van der Waals surface area contributed by atoms with Gasteiger partial charge in [-0.3, -0.25) is 4.79 Å². The molecule has 5 heteroatoms. The summed E-state index contributed by atoms with van der Waals surface area (Å²) in [5.41, 5.74) is 1.89. The largest absolute Gasteiger partial charge is 0.493 e. The van der Waals surface area contributed by atoms with Crippen LogP contribution in [0.25, 0.3) is 6.08 Å². The molecule has 122 valence electrons. The molecule has 0 unspecified atom stereocenters. The maximum atomic E-state index is 12.0. The van der Waals surface area contributed by atoms with Crippen molar-refractivity contribution in [3.63, 3.8) is 0 Å². The summed E-state index contributed by atoms with van der Waals surface area (Å²) in [6.07, 6.45) is 3.11. The molecule has 1 N–H and O–H groups in total. The number of hydrogen-bond donors (Lipinski definition) is 1. The molecule has 24 heavy (non-hydrogen) atoms. The average molecular weight is 322 g/mol. The normalized spacial score (nSPS) is 10.2. The molecule has 0 aliphatic rings. The first-order valence-electron chi connectivity index (χ1n) is 7.46. The van der Waals surface area contributed by atoms with E-state index in [0.29, 0.717) is 29.4 Å². The predicted octanol–water partition coefficient (Wildman–Crippen LogP) is 3.62. The molecule has 0 atom stereocenters. The van der Waals surface area contributed by atoms with E-state index in [1.54, 1.807) is 43.5 Å². The second kappa shape index (κ2) is 8.39. The van der Waals surface area contributed by atoms with Crippen LogP contribution in [0.3, 0.4) is 0 Å². The van der Waals surface area contributed by atoms with E-state index in [0.717, 1.165) is 5.56 Å². The van der Waals surface area contributed by atoms with Crippen LogP contribution >= 0.6 is 0 Å². The SMILES string of the molecule is CCOc1cc(/C=C/C(=O)Nc2cccc(C#N)c2)ccc1OC. The molecule has 5 nitrogen and oxygen atoms in total. The zero-order chi connectivity index (χ0) is 17.4. The lowest BCUT2D eigenvalue weighted by Gasteiger charge is -2.09. The quantitative estimate of drug-likeness (QED) is 0.825. The summed E-state index contributed by atoms with van der Waals surface area (Å²) in [5, 5.41) is 11.6. The van der Waals surface area contributed by atoms with Gasteiger partial charge in [-0.1, -0.05) is 12.1 Å². The van der Waals surface area contributed by atoms with Crippen LogP contribution < -0.4 is 14.8 Å². The summed E-state index contributed by atoms with van der Waals surface area (Å²) in [6.45, 7) is 2.42. The lowest BCUT2D eigenvalue weighted by Crippen LogP contribution is -2.07. The van der Waals surface area contributed by atoms with E-state index in [2.05, 4.69) is 5.32 Å². The van der Waals surface area contributed by atoms with E-state index in [9.17, 15) is 4.79 Å². The monoisotopic (exact) mass is 322 g/mol. The van der Waals surface area contributed by atoms with Crippen LogP contribution in [0.1, 0.15) is 18.1 Å². The van der Waals surface area contributed by atoms with Gasteiger partial charge in [0.15, 0.2) is 11.5 Å². The minimum atomic E-state index is -0.279. The van der Waals surface area contributed by atoms with Crippen molar-refractivity contribution in [3.05, 3.63) is 59.7 Å². The zero-order valence-corrected chi connectivity index (χ0v) is 13.6. The lowest BCUT2D eigenvalue weighted by molar-refractivity contribution is -0.111. The summed E-state index contributed by atoms with van der Waals surface area (Å²) in [4.78, 5) is 12.0. The van der Waals surface area contributed by atoms with Crippen molar-refractivity contribution in [1.29, 1.82) is 5.26 Å². The fraction of sp³-hybridized carbons (Fsp3) is 0.158. The first kappa shape index (κ1) is 17.1. The molecule has 0 heterocycles. The minimum Gasteiger partial charge on any atom is -0.493 e. The van der Waals surface area contributed by atoms with Gasteiger partial charge in [0.2, 0.25) is 5.91 Å². The van der Waals surface area contributed by atoms with Crippen LogP contribution in [-0.4, -0.2) is 19.6 Å². The van der Waals surface area contributed by atoms with Crippen molar-refractivity contribution in [2.24, 2.45) is 0 Å². The Kier molecular flexibility index (Phi) is 5.98. The van der Waals surface area contributed by atoms with Crippen LogP contribution in [0.4, 0.5) is 5.69 Å². The standard InChI is InChI=1S/C19H18N2O3/c1-3-24-18-12-14(7-9-17(18)23-2)8-10-19(22)21-16-6-4-5-15(11-16)13-20/h4-12H,3H2,1-2H3,(H,21,22)/b10-8+. The molecule has 2 rings (SSSR count). The highest BCUT2D eigenvalue weighted by Gasteiger charge is 2.04. The molecule has 0 radical (unpaired) electrons. The second-order valence-electron chi connectivity index (χ2n) is 4.86. The summed E-state index contributed by atoms with van der Waals surface area (Å²) in [6, 6.07) is 14.2. The molecule has 0 aromatic heterocycles. The van der Waals surface area contributed by atoms with Crippen molar-refractivity contribution in [1.82, 2.24) is 0 Å². The van der Waals surface area contributed by atoms with Gasteiger partial charge in [0.05, 0.1) is 25.3 Å². The molecule has 2 aromatic rings. The molecule has 0 bridgehead atoms. The lowest BCUT2D eigenvalue weighted by atomic mass is 10.2. The second-order valence-corrected chi connectivity index (χ2v) is 4.86. The molecule has 0 saturated carbocycles. The molecule has 2 aromatic carbocycles. The van der Waals surface area contributed by atoms with E-state index in [1.165, 1.54) is 6.08 Å². The third kappa shape index (κ3) is 4.62. The number of nitrogens with one attached hydrogen (secondary N) is 1. The maximum absolute atomic E-state index is 12.0. The van der Waals surface area contributed by atoms with Crippen molar-refractivity contribution < 1.29 is 14.3 Å². The molecule has 0 spiro atoms.